The fourth-order valence-corrected chi connectivity index (χ4v) is 3.55. The molecule has 3 N–H and O–H groups in total. The molecule has 0 radical (unpaired) electrons. The van der Waals surface area contributed by atoms with Crippen molar-refractivity contribution in [2.24, 2.45) is 5.92 Å². The van der Waals surface area contributed by atoms with Gasteiger partial charge in [0.05, 0.1) is 4.92 Å². The summed E-state index contributed by atoms with van der Waals surface area (Å²) in [5, 5.41) is 19.0. The molecule has 8 nitrogen and oxygen atoms in total. The highest BCUT2D eigenvalue weighted by Crippen LogP contribution is 2.25. The molecule has 8 heteroatoms. The Kier molecular flexibility index (Phi) is 6.66. The Morgan fingerprint density at radius 3 is 2.37 bits per heavy atom. The van der Waals surface area contributed by atoms with Crippen LogP contribution in [0.15, 0.2) is 42.5 Å². The van der Waals surface area contributed by atoms with Gasteiger partial charge in [0.25, 0.3) is 5.69 Å². The van der Waals surface area contributed by atoms with Crippen molar-refractivity contribution < 1.29 is 14.5 Å². The summed E-state index contributed by atoms with van der Waals surface area (Å²) >= 11 is 0. The zero-order valence-corrected chi connectivity index (χ0v) is 17.1. The minimum absolute atomic E-state index is 0.0628. The van der Waals surface area contributed by atoms with Crippen LogP contribution < -0.4 is 16.0 Å². The van der Waals surface area contributed by atoms with Gasteiger partial charge in [-0.25, -0.2) is 4.79 Å². The fourth-order valence-electron chi connectivity index (χ4n) is 3.55. The molecule has 1 aliphatic carbocycles. The van der Waals surface area contributed by atoms with Crippen LogP contribution >= 0.6 is 0 Å². The van der Waals surface area contributed by atoms with E-state index in [1.807, 2.05) is 32.0 Å². The quantitative estimate of drug-likeness (QED) is 0.467. The molecular weight excluding hydrogens is 384 g/mol. The maximum Gasteiger partial charge on any atom is 0.319 e. The van der Waals surface area contributed by atoms with Crippen LogP contribution in [0, 0.1) is 16.0 Å². The Hall–Kier alpha value is -3.42. The lowest BCUT2D eigenvalue weighted by Crippen LogP contribution is -2.49. The van der Waals surface area contributed by atoms with Crippen molar-refractivity contribution in [1.82, 2.24) is 5.32 Å². The summed E-state index contributed by atoms with van der Waals surface area (Å²) < 4.78 is 0. The maximum atomic E-state index is 12.9. The summed E-state index contributed by atoms with van der Waals surface area (Å²) in [6.07, 6.45) is 3.93. The molecule has 0 aromatic heterocycles. The van der Waals surface area contributed by atoms with Crippen molar-refractivity contribution in [3.05, 3.63) is 63.7 Å². The third-order valence-corrected chi connectivity index (χ3v) is 5.48. The van der Waals surface area contributed by atoms with Crippen molar-refractivity contribution in [3.8, 4) is 0 Å². The number of benzene rings is 2. The number of anilines is 2. The number of hydrogen-bond acceptors (Lipinski definition) is 4. The van der Waals surface area contributed by atoms with E-state index in [1.165, 1.54) is 35.4 Å². The van der Waals surface area contributed by atoms with Crippen molar-refractivity contribution in [3.63, 3.8) is 0 Å². The molecule has 1 aliphatic rings. The first kappa shape index (κ1) is 21.3. The van der Waals surface area contributed by atoms with Crippen molar-refractivity contribution in [2.45, 2.75) is 45.6 Å². The molecule has 30 heavy (non-hydrogen) atoms. The van der Waals surface area contributed by atoms with Gasteiger partial charge < -0.3 is 16.0 Å². The van der Waals surface area contributed by atoms with Crippen molar-refractivity contribution >= 4 is 29.0 Å². The highest BCUT2D eigenvalue weighted by molar-refractivity contribution is 5.99. The number of carbonyl (C=O) groups is 2. The number of urea groups is 1. The van der Waals surface area contributed by atoms with Gasteiger partial charge in [0.15, 0.2) is 0 Å². The number of non-ortho nitro benzene ring substituents is 1. The van der Waals surface area contributed by atoms with Gasteiger partial charge >= 0.3 is 6.03 Å². The first-order chi connectivity index (χ1) is 14.4. The molecule has 0 saturated carbocycles. The lowest BCUT2D eigenvalue weighted by Gasteiger charge is -2.24. The molecular formula is C22H26N4O4. The Balaban J connectivity index is 1.65. The van der Waals surface area contributed by atoms with E-state index in [1.54, 1.807) is 0 Å². The van der Waals surface area contributed by atoms with E-state index < -0.39 is 17.0 Å². The summed E-state index contributed by atoms with van der Waals surface area (Å²) in [6, 6.07) is 10.2. The standard InChI is InChI=1S/C22H26N4O4/c1-3-14(2)20(21(27)23-18-8-7-15-5-4-6-16(15)13-18)25-22(28)24-17-9-11-19(12-10-17)26(29)30/h7-14,20H,3-6H2,1-2H3,(H,23,27)(H2,24,25,28). The number of nitro groups is 1. The summed E-state index contributed by atoms with van der Waals surface area (Å²) in [5.74, 6) is -0.358. The van der Waals surface area contributed by atoms with Gasteiger partial charge in [0, 0.05) is 23.5 Å². The lowest BCUT2D eigenvalue weighted by atomic mass is 9.98. The molecule has 0 fully saturated rings. The summed E-state index contributed by atoms with van der Waals surface area (Å²) in [4.78, 5) is 35.6. The van der Waals surface area contributed by atoms with E-state index in [9.17, 15) is 19.7 Å². The predicted octanol–water partition coefficient (Wildman–Crippen LogP) is 4.26. The average molecular weight is 410 g/mol. The zero-order chi connectivity index (χ0) is 21.7. The number of rotatable bonds is 7. The van der Waals surface area contributed by atoms with Gasteiger partial charge in [0.2, 0.25) is 5.91 Å². The second-order valence-electron chi connectivity index (χ2n) is 7.59. The molecule has 2 aromatic carbocycles. The Bertz CT molecular complexity index is 943. The van der Waals surface area contributed by atoms with Crippen LogP contribution in [0.25, 0.3) is 0 Å². The number of nitrogens with zero attached hydrogens (tertiary/aromatic N) is 1. The van der Waals surface area contributed by atoms with Crippen LogP contribution in [0.4, 0.5) is 21.9 Å². The first-order valence-electron chi connectivity index (χ1n) is 10.1. The van der Waals surface area contributed by atoms with E-state index in [0.29, 0.717) is 12.1 Å². The second-order valence-corrected chi connectivity index (χ2v) is 7.59. The Morgan fingerprint density at radius 2 is 1.70 bits per heavy atom. The SMILES string of the molecule is CCC(C)C(NC(=O)Nc1ccc([N+](=O)[O-])cc1)C(=O)Nc1ccc2c(c1)CCC2. The molecule has 2 unspecified atom stereocenters. The normalized spacial score (nSPS) is 14.3. The number of carbonyl (C=O) groups excluding carboxylic acids is 2. The predicted molar refractivity (Wildman–Crippen MR) is 116 cm³/mol. The maximum absolute atomic E-state index is 12.9. The van der Waals surface area contributed by atoms with E-state index in [0.717, 1.165) is 24.9 Å². The van der Waals surface area contributed by atoms with Crippen LogP contribution in [0.2, 0.25) is 0 Å². The van der Waals surface area contributed by atoms with Gasteiger partial charge in [-0.15, -0.1) is 0 Å². The largest absolute Gasteiger partial charge is 0.326 e. The van der Waals surface area contributed by atoms with Crippen molar-refractivity contribution in [1.29, 1.82) is 0 Å². The molecule has 0 bridgehead atoms. The van der Waals surface area contributed by atoms with Crippen LogP contribution in [0.1, 0.15) is 37.8 Å². The number of aryl methyl sites for hydroxylation is 2. The van der Waals surface area contributed by atoms with Gasteiger partial charge in [-0.2, -0.15) is 0 Å². The number of fused-ring (bicyclic) bond motifs is 1. The van der Waals surface area contributed by atoms with Gasteiger partial charge in [-0.1, -0.05) is 26.3 Å². The zero-order valence-electron chi connectivity index (χ0n) is 17.1. The monoisotopic (exact) mass is 410 g/mol. The smallest absolute Gasteiger partial charge is 0.319 e. The Labute approximate surface area is 175 Å². The molecule has 0 heterocycles. The number of nitro benzene ring substituents is 1. The van der Waals surface area contributed by atoms with E-state index in [2.05, 4.69) is 16.0 Å². The fraction of sp³-hybridized carbons (Fsp3) is 0.364. The Morgan fingerprint density at radius 1 is 1.03 bits per heavy atom. The third-order valence-electron chi connectivity index (χ3n) is 5.48. The van der Waals surface area contributed by atoms with Crippen molar-refractivity contribution in [2.75, 3.05) is 10.6 Å². The molecule has 0 spiro atoms. The molecule has 2 atom stereocenters. The highest BCUT2D eigenvalue weighted by atomic mass is 16.6. The number of nitrogens with one attached hydrogen (secondary N) is 3. The van der Waals surface area contributed by atoms with Crippen LogP contribution in [-0.4, -0.2) is 22.9 Å². The average Bonchev–Trinajstić information content (AvgIpc) is 3.19. The van der Waals surface area contributed by atoms with Gasteiger partial charge in [-0.3, -0.25) is 14.9 Å². The van der Waals surface area contributed by atoms with E-state index in [-0.39, 0.29) is 17.5 Å². The second kappa shape index (κ2) is 9.39. The van der Waals surface area contributed by atoms with Crippen LogP contribution in [0.3, 0.4) is 0 Å². The molecule has 0 saturated heterocycles. The molecule has 158 valence electrons. The lowest BCUT2D eigenvalue weighted by molar-refractivity contribution is -0.384. The van der Waals surface area contributed by atoms with E-state index >= 15 is 0 Å². The van der Waals surface area contributed by atoms with Gasteiger partial charge in [0.1, 0.15) is 6.04 Å². The minimum atomic E-state index is -0.721. The van der Waals surface area contributed by atoms with Gasteiger partial charge in [-0.05, 0) is 60.6 Å². The summed E-state index contributed by atoms with van der Waals surface area (Å²) in [6.45, 7) is 3.86. The van der Waals surface area contributed by atoms with E-state index in [4.69, 9.17) is 0 Å². The summed E-state index contributed by atoms with van der Waals surface area (Å²) in [5.41, 5.74) is 3.66. The summed E-state index contributed by atoms with van der Waals surface area (Å²) in [7, 11) is 0. The number of amides is 3. The van der Waals surface area contributed by atoms with Crippen LogP contribution in [-0.2, 0) is 17.6 Å². The van der Waals surface area contributed by atoms with Crippen LogP contribution in [0.5, 0.6) is 0 Å². The minimum Gasteiger partial charge on any atom is -0.326 e. The highest BCUT2D eigenvalue weighted by Gasteiger charge is 2.26. The number of hydrogen-bond donors (Lipinski definition) is 3. The molecule has 3 rings (SSSR count). The molecule has 2 aromatic rings. The topological polar surface area (TPSA) is 113 Å². The first-order valence-corrected chi connectivity index (χ1v) is 10.1. The molecule has 3 amide bonds. The molecule has 0 aliphatic heterocycles. The third kappa shape index (κ3) is 5.14.